The Kier molecular flexibility index (Phi) is 3.93. The number of aliphatic hydroxyl groups excluding tert-OH is 1. The van der Waals surface area contributed by atoms with Crippen molar-refractivity contribution in [1.82, 2.24) is 10.2 Å². The Morgan fingerprint density at radius 2 is 2.07 bits per heavy atom. The van der Waals surface area contributed by atoms with Gasteiger partial charge in [0.2, 0.25) is 5.13 Å². The summed E-state index contributed by atoms with van der Waals surface area (Å²) in [7, 11) is 0. The van der Waals surface area contributed by atoms with E-state index in [-0.39, 0.29) is 12.1 Å². The molecule has 1 heterocycles. The van der Waals surface area contributed by atoms with Gasteiger partial charge >= 0.3 is 0 Å². The van der Waals surface area contributed by atoms with E-state index in [4.69, 9.17) is 0 Å². The Hall–Kier alpha value is -0.200. The second-order valence-electron chi connectivity index (χ2n) is 3.82. The summed E-state index contributed by atoms with van der Waals surface area (Å²) in [5.41, 5.74) is 0. The monoisotopic (exact) mass is 291 g/mol. The lowest BCUT2D eigenvalue weighted by atomic mass is 10.1. The first-order chi connectivity index (χ1) is 7.25. The summed E-state index contributed by atoms with van der Waals surface area (Å²) >= 11 is 4.73. The van der Waals surface area contributed by atoms with E-state index in [1.165, 1.54) is 24.2 Å². The van der Waals surface area contributed by atoms with Gasteiger partial charge in [0.1, 0.15) is 0 Å². The molecule has 2 atom stereocenters. The number of nitrogens with zero attached hydrogens (tertiary/aromatic N) is 2. The fourth-order valence-electron chi connectivity index (χ4n) is 1.88. The van der Waals surface area contributed by atoms with Crippen LogP contribution in [0.4, 0.5) is 5.13 Å². The van der Waals surface area contributed by atoms with Crippen LogP contribution in [-0.2, 0) is 0 Å². The Balaban J connectivity index is 1.97. The molecule has 0 radical (unpaired) electrons. The largest absolute Gasteiger partial charge is 0.391 e. The van der Waals surface area contributed by atoms with Crippen LogP contribution in [0, 0.1) is 0 Å². The molecule has 1 saturated carbocycles. The van der Waals surface area contributed by atoms with Crippen molar-refractivity contribution in [1.29, 1.82) is 0 Å². The summed E-state index contributed by atoms with van der Waals surface area (Å²) in [5.74, 6) is 0. The molecule has 0 aliphatic heterocycles. The number of hydrogen-bond acceptors (Lipinski definition) is 5. The predicted octanol–water partition coefficient (Wildman–Crippen LogP) is 2.41. The Labute approximate surface area is 101 Å². The number of halogens is 1. The predicted molar refractivity (Wildman–Crippen MR) is 64.1 cm³/mol. The quantitative estimate of drug-likeness (QED) is 0.822. The highest BCUT2D eigenvalue weighted by Gasteiger charge is 2.22. The highest BCUT2D eigenvalue weighted by molar-refractivity contribution is 9.11. The number of nitrogens with one attached hydrogen (secondary N) is 1. The van der Waals surface area contributed by atoms with E-state index < -0.39 is 0 Å². The van der Waals surface area contributed by atoms with E-state index >= 15 is 0 Å². The summed E-state index contributed by atoms with van der Waals surface area (Å²) < 4.78 is 0.771. The van der Waals surface area contributed by atoms with Gasteiger partial charge in [-0.1, -0.05) is 30.6 Å². The molecule has 1 aliphatic carbocycles. The fourth-order valence-corrected chi connectivity index (χ4v) is 2.95. The molecule has 6 heteroatoms. The summed E-state index contributed by atoms with van der Waals surface area (Å²) in [5, 5.41) is 21.8. The standard InChI is InChI=1S/C9H14BrN3OS/c10-8-12-13-9(15-8)11-6-4-2-1-3-5-7(6)14/h6-7,14H,1-5H2,(H,11,13). The average Bonchev–Trinajstić information content (AvgIpc) is 2.50. The van der Waals surface area contributed by atoms with Crippen LogP contribution in [0.25, 0.3) is 0 Å². The third-order valence-corrected chi connectivity index (χ3v) is 3.98. The molecule has 4 nitrogen and oxygen atoms in total. The second-order valence-corrected chi connectivity index (χ2v) is 6.07. The first kappa shape index (κ1) is 11.3. The summed E-state index contributed by atoms with van der Waals surface area (Å²) in [4.78, 5) is 0. The van der Waals surface area contributed by atoms with Gasteiger partial charge in [0.25, 0.3) is 0 Å². The molecule has 2 N–H and O–H groups in total. The van der Waals surface area contributed by atoms with E-state index in [9.17, 15) is 5.11 Å². The molecule has 84 valence electrons. The Morgan fingerprint density at radius 3 is 2.80 bits per heavy atom. The van der Waals surface area contributed by atoms with Crippen molar-refractivity contribution in [3.8, 4) is 0 Å². The maximum absolute atomic E-state index is 9.90. The molecule has 1 aliphatic rings. The van der Waals surface area contributed by atoms with Crippen molar-refractivity contribution >= 4 is 32.4 Å². The zero-order valence-electron chi connectivity index (χ0n) is 8.32. The van der Waals surface area contributed by atoms with E-state index in [0.717, 1.165) is 28.3 Å². The molecule has 0 spiro atoms. The van der Waals surface area contributed by atoms with Crippen molar-refractivity contribution in [3.63, 3.8) is 0 Å². The number of rotatable bonds is 2. The summed E-state index contributed by atoms with van der Waals surface area (Å²) in [6.45, 7) is 0. The molecule has 1 aromatic rings. The molecule has 0 bridgehead atoms. The molecule has 0 saturated heterocycles. The zero-order chi connectivity index (χ0) is 10.7. The summed E-state index contributed by atoms with van der Waals surface area (Å²) in [6.07, 6.45) is 5.16. The van der Waals surface area contributed by atoms with Gasteiger partial charge in [-0.15, -0.1) is 10.2 Å². The smallest absolute Gasteiger partial charge is 0.206 e. The van der Waals surface area contributed by atoms with Crippen molar-refractivity contribution < 1.29 is 5.11 Å². The normalized spacial score (nSPS) is 27.3. The molecule has 2 rings (SSSR count). The molecule has 0 amide bonds. The Bertz CT molecular complexity index is 320. The topological polar surface area (TPSA) is 58.0 Å². The van der Waals surface area contributed by atoms with Crippen LogP contribution in [0.15, 0.2) is 3.92 Å². The minimum absolute atomic E-state index is 0.132. The van der Waals surface area contributed by atoms with Crippen LogP contribution in [0.3, 0.4) is 0 Å². The van der Waals surface area contributed by atoms with Crippen LogP contribution < -0.4 is 5.32 Å². The van der Waals surface area contributed by atoms with Crippen molar-refractivity contribution in [2.45, 2.75) is 44.2 Å². The van der Waals surface area contributed by atoms with E-state index in [1.54, 1.807) is 0 Å². The number of hydrogen-bond donors (Lipinski definition) is 2. The van der Waals surface area contributed by atoms with Crippen LogP contribution >= 0.6 is 27.3 Å². The number of aromatic nitrogens is 2. The van der Waals surface area contributed by atoms with Gasteiger partial charge in [-0.25, -0.2) is 0 Å². The molecule has 15 heavy (non-hydrogen) atoms. The first-order valence-electron chi connectivity index (χ1n) is 5.19. The lowest BCUT2D eigenvalue weighted by Gasteiger charge is -2.20. The van der Waals surface area contributed by atoms with Crippen LogP contribution in [-0.4, -0.2) is 27.4 Å². The van der Waals surface area contributed by atoms with Crippen LogP contribution in [0.2, 0.25) is 0 Å². The maximum atomic E-state index is 9.90. The molecular weight excluding hydrogens is 278 g/mol. The van der Waals surface area contributed by atoms with Crippen molar-refractivity contribution in [2.75, 3.05) is 5.32 Å². The SMILES string of the molecule is OC1CCCCCC1Nc1nnc(Br)s1. The minimum Gasteiger partial charge on any atom is -0.391 e. The fraction of sp³-hybridized carbons (Fsp3) is 0.778. The molecule has 1 fully saturated rings. The van der Waals surface area contributed by atoms with Crippen LogP contribution in [0.5, 0.6) is 0 Å². The van der Waals surface area contributed by atoms with Gasteiger partial charge in [0.05, 0.1) is 12.1 Å². The maximum Gasteiger partial charge on any atom is 0.206 e. The lowest BCUT2D eigenvalue weighted by Crippen LogP contribution is -2.32. The van der Waals surface area contributed by atoms with Gasteiger partial charge in [-0.2, -0.15) is 0 Å². The molecule has 2 unspecified atom stereocenters. The summed E-state index contributed by atoms with van der Waals surface area (Å²) in [6, 6.07) is 0.132. The third-order valence-electron chi connectivity index (χ3n) is 2.69. The average molecular weight is 292 g/mol. The van der Waals surface area contributed by atoms with Gasteiger partial charge in [0.15, 0.2) is 3.92 Å². The third kappa shape index (κ3) is 3.12. The molecule has 0 aromatic carbocycles. The van der Waals surface area contributed by atoms with E-state index in [2.05, 4.69) is 31.4 Å². The zero-order valence-corrected chi connectivity index (χ0v) is 10.7. The van der Waals surface area contributed by atoms with Gasteiger partial charge in [0, 0.05) is 0 Å². The van der Waals surface area contributed by atoms with Gasteiger partial charge < -0.3 is 10.4 Å². The number of aliphatic hydroxyl groups is 1. The van der Waals surface area contributed by atoms with Gasteiger partial charge in [-0.05, 0) is 28.8 Å². The minimum atomic E-state index is -0.254. The van der Waals surface area contributed by atoms with Crippen molar-refractivity contribution in [2.24, 2.45) is 0 Å². The highest BCUT2D eigenvalue weighted by atomic mass is 79.9. The second kappa shape index (κ2) is 5.23. The van der Waals surface area contributed by atoms with Crippen molar-refractivity contribution in [3.05, 3.63) is 3.92 Å². The lowest BCUT2D eigenvalue weighted by molar-refractivity contribution is 0.144. The van der Waals surface area contributed by atoms with Gasteiger partial charge in [-0.3, -0.25) is 0 Å². The highest BCUT2D eigenvalue weighted by Crippen LogP contribution is 2.25. The van der Waals surface area contributed by atoms with E-state index in [1.807, 2.05) is 0 Å². The Morgan fingerprint density at radius 1 is 1.27 bits per heavy atom. The molecular formula is C9H14BrN3OS. The van der Waals surface area contributed by atoms with E-state index in [0.29, 0.717) is 0 Å². The first-order valence-corrected chi connectivity index (χ1v) is 6.80. The number of anilines is 1. The molecule has 1 aromatic heterocycles. The van der Waals surface area contributed by atoms with Crippen LogP contribution in [0.1, 0.15) is 32.1 Å².